The van der Waals surface area contributed by atoms with Gasteiger partial charge in [0.1, 0.15) is 0 Å². The van der Waals surface area contributed by atoms with Crippen molar-refractivity contribution < 1.29 is 5.11 Å². The summed E-state index contributed by atoms with van der Waals surface area (Å²) in [4.78, 5) is -0.567. The highest BCUT2D eigenvalue weighted by atomic mass is 35.5. The molecule has 0 bridgehead atoms. The van der Waals surface area contributed by atoms with Crippen molar-refractivity contribution in [1.29, 1.82) is 0 Å². The summed E-state index contributed by atoms with van der Waals surface area (Å²) in [7, 11) is 0. The van der Waals surface area contributed by atoms with E-state index in [1.807, 2.05) is 0 Å². The zero-order chi connectivity index (χ0) is 10.2. The molecular weight excluding hydrogens is 198 g/mol. The number of allylic oxidation sites excluding steroid dienone is 3. The van der Waals surface area contributed by atoms with Crippen LogP contribution < -0.4 is 5.73 Å². The second-order valence-corrected chi connectivity index (χ2v) is 4.96. The Morgan fingerprint density at radius 2 is 2.43 bits per heavy atom. The first-order valence-electron chi connectivity index (χ1n) is 5.10. The van der Waals surface area contributed by atoms with Crippen LogP contribution in [0.4, 0.5) is 0 Å². The molecule has 0 saturated heterocycles. The SMILES string of the molecule is NC1CCC2=C(C1)C(Cl)(CO)CC=C2. The van der Waals surface area contributed by atoms with Gasteiger partial charge in [-0.1, -0.05) is 12.2 Å². The minimum absolute atomic E-state index is 0.00441. The first-order valence-corrected chi connectivity index (χ1v) is 5.48. The predicted octanol–water partition coefficient (Wildman–Crippen LogP) is 1.72. The number of alkyl halides is 1. The van der Waals surface area contributed by atoms with Crippen molar-refractivity contribution in [2.24, 2.45) is 5.73 Å². The first kappa shape index (κ1) is 10.2. The van der Waals surface area contributed by atoms with E-state index in [9.17, 15) is 5.11 Å². The monoisotopic (exact) mass is 213 g/mol. The lowest BCUT2D eigenvalue weighted by molar-refractivity contribution is 0.254. The topological polar surface area (TPSA) is 46.2 Å². The molecule has 2 atom stereocenters. The average molecular weight is 214 g/mol. The predicted molar refractivity (Wildman–Crippen MR) is 58.3 cm³/mol. The lowest BCUT2D eigenvalue weighted by atomic mass is 9.77. The highest BCUT2D eigenvalue weighted by Crippen LogP contribution is 2.41. The fourth-order valence-corrected chi connectivity index (χ4v) is 2.60. The summed E-state index contributed by atoms with van der Waals surface area (Å²) in [6.45, 7) is 0.00441. The molecule has 14 heavy (non-hydrogen) atoms. The van der Waals surface area contributed by atoms with Gasteiger partial charge in [-0.25, -0.2) is 0 Å². The minimum atomic E-state index is -0.567. The van der Waals surface area contributed by atoms with Crippen LogP contribution in [0.15, 0.2) is 23.3 Å². The maximum absolute atomic E-state index is 9.33. The van der Waals surface area contributed by atoms with Gasteiger partial charge in [-0.2, -0.15) is 0 Å². The number of hydrogen-bond acceptors (Lipinski definition) is 2. The maximum atomic E-state index is 9.33. The van der Waals surface area contributed by atoms with Crippen molar-refractivity contribution in [3.63, 3.8) is 0 Å². The third-order valence-electron chi connectivity index (χ3n) is 3.19. The van der Waals surface area contributed by atoms with E-state index in [-0.39, 0.29) is 12.6 Å². The van der Waals surface area contributed by atoms with Gasteiger partial charge in [0.2, 0.25) is 0 Å². The second kappa shape index (κ2) is 3.69. The molecule has 78 valence electrons. The summed E-state index contributed by atoms with van der Waals surface area (Å²) in [5, 5.41) is 9.33. The van der Waals surface area contributed by atoms with Crippen LogP contribution in [0.5, 0.6) is 0 Å². The van der Waals surface area contributed by atoms with Crippen LogP contribution >= 0.6 is 11.6 Å². The van der Waals surface area contributed by atoms with Gasteiger partial charge in [-0.05, 0) is 36.8 Å². The summed E-state index contributed by atoms with van der Waals surface area (Å²) in [5.74, 6) is 0. The van der Waals surface area contributed by atoms with Crippen LogP contribution in [0, 0.1) is 0 Å². The van der Waals surface area contributed by atoms with E-state index in [1.165, 1.54) is 11.1 Å². The molecule has 0 amide bonds. The molecule has 3 heteroatoms. The van der Waals surface area contributed by atoms with Gasteiger partial charge < -0.3 is 10.8 Å². The largest absolute Gasteiger partial charge is 0.394 e. The van der Waals surface area contributed by atoms with Gasteiger partial charge >= 0.3 is 0 Å². The summed E-state index contributed by atoms with van der Waals surface area (Å²) < 4.78 is 0. The molecule has 0 aromatic carbocycles. The third-order valence-corrected chi connectivity index (χ3v) is 3.69. The lowest BCUT2D eigenvalue weighted by Crippen LogP contribution is -2.37. The number of aliphatic hydroxyl groups is 1. The fourth-order valence-electron chi connectivity index (χ4n) is 2.31. The van der Waals surface area contributed by atoms with Crippen LogP contribution in [0.2, 0.25) is 0 Å². The van der Waals surface area contributed by atoms with Crippen molar-refractivity contribution in [2.45, 2.75) is 36.6 Å². The quantitative estimate of drug-likeness (QED) is 0.652. The fraction of sp³-hybridized carbons (Fsp3) is 0.636. The van der Waals surface area contributed by atoms with Crippen LogP contribution in [0.25, 0.3) is 0 Å². The summed E-state index contributed by atoms with van der Waals surface area (Å²) in [6.07, 6.45) is 7.78. The molecule has 0 aliphatic heterocycles. The molecular formula is C11H16ClNO. The number of nitrogens with two attached hydrogens (primary N) is 1. The van der Waals surface area contributed by atoms with E-state index < -0.39 is 4.87 Å². The van der Waals surface area contributed by atoms with Crippen LogP contribution in [-0.2, 0) is 0 Å². The summed E-state index contributed by atoms with van der Waals surface area (Å²) in [6, 6.07) is 0.213. The van der Waals surface area contributed by atoms with Gasteiger partial charge in [0, 0.05) is 6.04 Å². The molecule has 0 radical (unpaired) electrons. The normalized spacial score (nSPS) is 37.2. The first-order chi connectivity index (χ1) is 6.65. The molecule has 0 saturated carbocycles. The second-order valence-electron chi connectivity index (χ2n) is 4.24. The van der Waals surface area contributed by atoms with Gasteiger partial charge in [0.25, 0.3) is 0 Å². The molecule has 0 spiro atoms. The van der Waals surface area contributed by atoms with Crippen LogP contribution in [0.3, 0.4) is 0 Å². The molecule has 3 N–H and O–H groups in total. The summed E-state index contributed by atoms with van der Waals surface area (Å²) >= 11 is 6.38. The van der Waals surface area contributed by atoms with Crippen molar-refractivity contribution in [3.05, 3.63) is 23.3 Å². The van der Waals surface area contributed by atoms with Crippen molar-refractivity contribution in [3.8, 4) is 0 Å². The molecule has 0 fully saturated rings. The zero-order valence-corrected chi connectivity index (χ0v) is 8.93. The van der Waals surface area contributed by atoms with E-state index in [2.05, 4.69) is 12.2 Å². The van der Waals surface area contributed by atoms with Crippen LogP contribution in [0.1, 0.15) is 25.7 Å². The number of rotatable bonds is 1. The lowest BCUT2D eigenvalue weighted by Gasteiger charge is -2.36. The Labute approximate surface area is 89.4 Å². The van der Waals surface area contributed by atoms with Crippen molar-refractivity contribution >= 4 is 11.6 Å². The number of hydrogen-bond donors (Lipinski definition) is 2. The molecule has 2 aliphatic carbocycles. The van der Waals surface area contributed by atoms with Gasteiger partial charge in [0.15, 0.2) is 0 Å². The Hall–Kier alpha value is -0.310. The molecule has 2 rings (SSSR count). The highest BCUT2D eigenvalue weighted by Gasteiger charge is 2.36. The Kier molecular flexibility index (Phi) is 2.69. The molecule has 0 aromatic rings. The summed E-state index contributed by atoms with van der Waals surface area (Å²) in [5.41, 5.74) is 8.38. The van der Waals surface area contributed by atoms with E-state index in [0.717, 1.165) is 25.7 Å². The minimum Gasteiger partial charge on any atom is -0.394 e. The van der Waals surface area contributed by atoms with Gasteiger partial charge in [-0.15, -0.1) is 11.6 Å². The van der Waals surface area contributed by atoms with Gasteiger partial charge in [0.05, 0.1) is 11.5 Å². The molecule has 2 unspecified atom stereocenters. The molecule has 2 aliphatic rings. The Morgan fingerprint density at radius 3 is 3.14 bits per heavy atom. The standard InChI is InChI=1S/C11H16ClNO/c12-11(7-14)5-1-2-8-3-4-9(13)6-10(8)11/h1-2,9,14H,3-7,13H2. The van der Waals surface area contributed by atoms with Gasteiger partial charge in [-0.3, -0.25) is 0 Å². The highest BCUT2D eigenvalue weighted by molar-refractivity contribution is 6.26. The Balaban J connectivity index is 2.34. The zero-order valence-electron chi connectivity index (χ0n) is 8.17. The molecule has 0 heterocycles. The molecule has 0 aromatic heterocycles. The van der Waals surface area contributed by atoms with Crippen LogP contribution in [-0.4, -0.2) is 22.6 Å². The average Bonchev–Trinajstić information content (AvgIpc) is 2.20. The number of aliphatic hydroxyl groups excluding tert-OH is 1. The van der Waals surface area contributed by atoms with Crippen molar-refractivity contribution in [1.82, 2.24) is 0 Å². The van der Waals surface area contributed by atoms with E-state index >= 15 is 0 Å². The number of halogens is 1. The van der Waals surface area contributed by atoms with E-state index in [1.54, 1.807) is 0 Å². The van der Waals surface area contributed by atoms with E-state index in [4.69, 9.17) is 17.3 Å². The smallest absolute Gasteiger partial charge is 0.0925 e. The maximum Gasteiger partial charge on any atom is 0.0925 e. The molecule has 2 nitrogen and oxygen atoms in total. The Morgan fingerprint density at radius 1 is 1.64 bits per heavy atom. The Bertz CT molecular complexity index is 298. The van der Waals surface area contributed by atoms with Crippen molar-refractivity contribution in [2.75, 3.05) is 6.61 Å². The van der Waals surface area contributed by atoms with E-state index in [0.29, 0.717) is 0 Å². The third kappa shape index (κ3) is 1.62.